The van der Waals surface area contributed by atoms with Gasteiger partial charge in [0.15, 0.2) is 11.5 Å². The van der Waals surface area contributed by atoms with Gasteiger partial charge >= 0.3 is 0 Å². The van der Waals surface area contributed by atoms with E-state index in [1.165, 1.54) is 18.4 Å². The van der Waals surface area contributed by atoms with Crippen molar-refractivity contribution in [2.75, 3.05) is 19.8 Å². The fourth-order valence-corrected chi connectivity index (χ4v) is 2.30. The van der Waals surface area contributed by atoms with E-state index >= 15 is 0 Å². The molecule has 3 rings (SSSR count). The second-order valence-corrected chi connectivity index (χ2v) is 4.99. The first-order valence-electron chi connectivity index (χ1n) is 6.14. The highest BCUT2D eigenvalue weighted by Crippen LogP contribution is 2.38. The Labute approximate surface area is 106 Å². The van der Waals surface area contributed by atoms with Crippen molar-refractivity contribution in [1.82, 2.24) is 5.32 Å². The lowest BCUT2D eigenvalue weighted by Crippen LogP contribution is -2.20. The van der Waals surface area contributed by atoms with Crippen LogP contribution in [0.2, 0.25) is 5.02 Å². The third-order valence-corrected chi connectivity index (χ3v) is 3.36. The summed E-state index contributed by atoms with van der Waals surface area (Å²) in [5.74, 6) is 1.47. The lowest BCUT2D eigenvalue weighted by atomic mass is 10.1. The van der Waals surface area contributed by atoms with E-state index in [1.807, 2.05) is 12.1 Å². The SMILES string of the molecule is Clc1cc(CCNC2CC2)cc2c1OCCO2. The molecule has 1 aliphatic carbocycles. The van der Waals surface area contributed by atoms with Gasteiger partial charge in [0.25, 0.3) is 0 Å². The average Bonchev–Trinajstić information content (AvgIpc) is 3.13. The van der Waals surface area contributed by atoms with Crippen LogP contribution in [0.1, 0.15) is 18.4 Å². The largest absolute Gasteiger partial charge is 0.486 e. The topological polar surface area (TPSA) is 30.5 Å². The minimum atomic E-state index is 0.579. The number of hydrogen-bond donors (Lipinski definition) is 1. The van der Waals surface area contributed by atoms with Crippen molar-refractivity contribution in [1.29, 1.82) is 0 Å². The summed E-state index contributed by atoms with van der Waals surface area (Å²) in [6.45, 7) is 2.18. The third kappa shape index (κ3) is 2.67. The van der Waals surface area contributed by atoms with Crippen molar-refractivity contribution < 1.29 is 9.47 Å². The normalized spacial score (nSPS) is 18.2. The molecule has 0 aromatic heterocycles. The quantitative estimate of drug-likeness (QED) is 0.894. The number of halogens is 1. The van der Waals surface area contributed by atoms with Crippen LogP contribution < -0.4 is 14.8 Å². The van der Waals surface area contributed by atoms with Crippen molar-refractivity contribution in [3.05, 3.63) is 22.7 Å². The molecule has 0 radical (unpaired) electrons. The number of benzene rings is 1. The van der Waals surface area contributed by atoms with Crippen LogP contribution in [0.3, 0.4) is 0 Å². The molecule has 1 saturated carbocycles. The first-order valence-corrected chi connectivity index (χ1v) is 6.52. The van der Waals surface area contributed by atoms with Crippen LogP contribution in [0.15, 0.2) is 12.1 Å². The van der Waals surface area contributed by atoms with Gasteiger partial charge in [0.2, 0.25) is 0 Å². The highest BCUT2D eigenvalue weighted by Gasteiger charge is 2.20. The molecule has 0 bridgehead atoms. The van der Waals surface area contributed by atoms with Gasteiger partial charge in [-0.15, -0.1) is 0 Å². The average molecular weight is 254 g/mol. The number of fused-ring (bicyclic) bond motifs is 1. The van der Waals surface area contributed by atoms with E-state index in [-0.39, 0.29) is 0 Å². The summed E-state index contributed by atoms with van der Waals surface area (Å²) >= 11 is 6.18. The Morgan fingerprint density at radius 1 is 1.24 bits per heavy atom. The highest BCUT2D eigenvalue weighted by atomic mass is 35.5. The monoisotopic (exact) mass is 253 g/mol. The van der Waals surface area contributed by atoms with Gasteiger partial charge in [-0.1, -0.05) is 11.6 Å². The molecule has 17 heavy (non-hydrogen) atoms. The maximum absolute atomic E-state index is 6.18. The van der Waals surface area contributed by atoms with E-state index in [4.69, 9.17) is 21.1 Å². The Balaban J connectivity index is 1.68. The summed E-state index contributed by atoms with van der Waals surface area (Å²) in [4.78, 5) is 0. The van der Waals surface area contributed by atoms with Crippen molar-refractivity contribution in [3.63, 3.8) is 0 Å². The molecule has 1 aliphatic heterocycles. The summed E-state index contributed by atoms with van der Waals surface area (Å²) in [5, 5.41) is 4.15. The Kier molecular flexibility index (Phi) is 3.12. The van der Waals surface area contributed by atoms with Gasteiger partial charge in [0.1, 0.15) is 13.2 Å². The second-order valence-electron chi connectivity index (χ2n) is 4.58. The first kappa shape index (κ1) is 11.2. The summed E-state index contributed by atoms with van der Waals surface area (Å²) in [5.41, 5.74) is 1.20. The van der Waals surface area contributed by atoms with E-state index in [0.29, 0.717) is 24.0 Å². The predicted molar refractivity (Wildman–Crippen MR) is 67.2 cm³/mol. The van der Waals surface area contributed by atoms with Gasteiger partial charge in [0.05, 0.1) is 5.02 Å². The Morgan fingerprint density at radius 2 is 2.06 bits per heavy atom. The zero-order valence-corrected chi connectivity index (χ0v) is 10.4. The van der Waals surface area contributed by atoms with Crippen LogP contribution in [0.4, 0.5) is 0 Å². The second kappa shape index (κ2) is 4.75. The van der Waals surface area contributed by atoms with Gasteiger partial charge in [0, 0.05) is 6.04 Å². The summed E-state index contributed by atoms with van der Waals surface area (Å²) < 4.78 is 11.0. The molecule has 0 amide bonds. The molecule has 1 heterocycles. The maximum atomic E-state index is 6.18. The Morgan fingerprint density at radius 3 is 2.88 bits per heavy atom. The lowest BCUT2D eigenvalue weighted by Gasteiger charge is -2.20. The standard InChI is InChI=1S/C13H16ClNO2/c14-11-7-9(3-4-15-10-1-2-10)8-12-13(11)17-6-5-16-12/h7-8,10,15H,1-6H2. The maximum Gasteiger partial charge on any atom is 0.179 e. The van der Waals surface area contributed by atoms with Gasteiger partial charge in [-0.3, -0.25) is 0 Å². The zero-order chi connectivity index (χ0) is 11.7. The molecule has 0 unspecified atom stereocenters. The van der Waals surface area contributed by atoms with Gasteiger partial charge in [-0.05, 0) is 43.5 Å². The van der Waals surface area contributed by atoms with Crippen molar-refractivity contribution in [2.45, 2.75) is 25.3 Å². The van der Waals surface area contributed by atoms with Crippen molar-refractivity contribution in [2.24, 2.45) is 0 Å². The molecular formula is C13H16ClNO2. The van der Waals surface area contributed by atoms with E-state index in [2.05, 4.69) is 5.32 Å². The van der Waals surface area contributed by atoms with Crippen LogP contribution >= 0.6 is 11.6 Å². The third-order valence-electron chi connectivity index (χ3n) is 3.08. The van der Waals surface area contributed by atoms with Gasteiger partial charge in [-0.25, -0.2) is 0 Å². The van der Waals surface area contributed by atoms with Crippen LogP contribution in [0, 0.1) is 0 Å². The summed E-state index contributed by atoms with van der Waals surface area (Å²) in [6.07, 6.45) is 3.62. The van der Waals surface area contributed by atoms with E-state index in [1.54, 1.807) is 0 Å². The van der Waals surface area contributed by atoms with Crippen LogP contribution in [0.5, 0.6) is 11.5 Å². The Hall–Kier alpha value is -0.930. The first-order chi connectivity index (χ1) is 8.33. The number of rotatable bonds is 4. The zero-order valence-electron chi connectivity index (χ0n) is 9.67. The fourth-order valence-electron chi connectivity index (χ4n) is 2.02. The number of nitrogens with one attached hydrogen (secondary N) is 1. The van der Waals surface area contributed by atoms with E-state index < -0.39 is 0 Å². The smallest absolute Gasteiger partial charge is 0.179 e. The van der Waals surface area contributed by atoms with Crippen LogP contribution in [-0.4, -0.2) is 25.8 Å². The van der Waals surface area contributed by atoms with Crippen LogP contribution in [-0.2, 0) is 6.42 Å². The molecule has 4 heteroatoms. The molecule has 1 aromatic carbocycles. The number of hydrogen-bond acceptors (Lipinski definition) is 3. The van der Waals surface area contributed by atoms with E-state index in [0.717, 1.165) is 24.8 Å². The molecule has 2 aliphatic rings. The molecule has 1 aromatic rings. The van der Waals surface area contributed by atoms with Crippen molar-refractivity contribution >= 4 is 11.6 Å². The van der Waals surface area contributed by atoms with Crippen LogP contribution in [0.25, 0.3) is 0 Å². The minimum Gasteiger partial charge on any atom is -0.486 e. The lowest BCUT2D eigenvalue weighted by molar-refractivity contribution is 0.171. The molecule has 0 saturated heterocycles. The molecule has 3 nitrogen and oxygen atoms in total. The summed E-state index contributed by atoms with van der Waals surface area (Å²) in [6, 6.07) is 4.76. The Bertz CT molecular complexity index is 418. The summed E-state index contributed by atoms with van der Waals surface area (Å²) in [7, 11) is 0. The fraction of sp³-hybridized carbons (Fsp3) is 0.538. The van der Waals surface area contributed by atoms with E-state index in [9.17, 15) is 0 Å². The molecule has 0 atom stereocenters. The van der Waals surface area contributed by atoms with Gasteiger partial charge < -0.3 is 14.8 Å². The molecule has 0 spiro atoms. The highest BCUT2D eigenvalue weighted by molar-refractivity contribution is 6.32. The minimum absolute atomic E-state index is 0.579. The molecule has 1 fully saturated rings. The molecular weight excluding hydrogens is 238 g/mol. The number of ether oxygens (including phenoxy) is 2. The van der Waals surface area contributed by atoms with Crippen molar-refractivity contribution in [3.8, 4) is 11.5 Å². The molecule has 92 valence electrons. The predicted octanol–water partition coefficient (Wildman–Crippen LogP) is 2.41. The molecule has 1 N–H and O–H groups in total. The van der Waals surface area contributed by atoms with Gasteiger partial charge in [-0.2, -0.15) is 0 Å².